The van der Waals surface area contributed by atoms with Crippen molar-refractivity contribution >= 4 is 5.91 Å². The molecule has 1 unspecified atom stereocenters. The molecule has 1 atom stereocenters. The van der Waals surface area contributed by atoms with Crippen LogP contribution in [0.1, 0.15) is 18.9 Å². The second-order valence-corrected chi connectivity index (χ2v) is 5.89. The van der Waals surface area contributed by atoms with E-state index in [2.05, 4.69) is 15.4 Å². The third kappa shape index (κ3) is 4.84. The van der Waals surface area contributed by atoms with E-state index in [0.29, 0.717) is 13.0 Å². The van der Waals surface area contributed by atoms with Crippen molar-refractivity contribution in [1.29, 1.82) is 0 Å². The van der Waals surface area contributed by atoms with Crippen LogP contribution >= 0.6 is 0 Å². The highest BCUT2D eigenvalue weighted by atomic mass is 16.5. The van der Waals surface area contributed by atoms with E-state index >= 15 is 0 Å². The number of nitrogens with one attached hydrogen (secondary N) is 1. The summed E-state index contributed by atoms with van der Waals surface area (Å²) in [5, 5.41) is 7.16. The Hall–Kier alpha value is -3.35. The first-order valence-corrected chi connectivity index (χ1v) is 8.74. The van der Waals surface area contributed by atoms with Crippen LogP contribution in [-0.2, 0) is 11.3 Å². The van der Waals surface area contributed by atoms with E-state index in [9.17, 15) is 4.79 Å². The molecular formula is C20H22N4O3. The molecule has 0 aliphatic rings. The van der Waals surface area contributed by atoms with Crippen LogP contribution in [0.2, 0.25) is 0 Å². The zero-order chi connectivity index (χ0) is 19.1. The first-order chi connectivity index (χ1) is 13.2. The Bertz CT molecular complexity index is 862. The lowest BCUT2D eigenvalue weighted by atomic mass is 10.2. The second-order valence-electron chi connectivity index (χ2n) is 5.89. The maximum atomic E-state index is 12.4. The van der Waals surface area contributed by atoms with Gasteiger partial charge < -0.3 is 14.8 Å². The zero-order valence-corrected chi connectivity index (χ0v) is 15.3. The number of carbonyl (C=O) groups excluding carboxylic acids is 1. The lowest BCUT2D eigenvalue weighted by molar-refractivity contribution is -0.128. The summed E-state index contributed by atoms with van der Waals surface area (Å²) in [7, 11) is 1.62. The number of hydrogen-bond acceptors (Lipinski definition) is 5. The maximum Gasteiger partial charge on any atom is 0.336 e. The molecule has 2 aromatic carbocycles. The Kier molecular flexibility index (Phi) is 6.04. The van der Waals surface area contributed by atoms with Gasteiger partial charge in [-0.25, -0.2) is 4.68 Å². The lowest BCUT2D eigenvalue weighted by Gasteiger charge is -2.15. The molecule has 0 saturated carbocycles. The number of benzene rings is 2. The number of ether oxygens (including phenoxy) is 2. The van der Waals surface area contributed by atoms with Gasteiger partial charge in [-0.05, 0) is 36.2 Å². The predicted molar refractivity (Wildman–Crippen MR) is 101 cm³/mol. The average molecular weight is 366 g/mol. The Balaban J connectivity index is 1.57. The van der Waals surface area contributed by atoms with Gasteiger partial charge in [0.1, 0.15) is 12.1 Å². The summed E-state index contributed by atoms with van der Waals surface area (Å²) in [5.74, 6) is 0.573. The molecule has 0 radical (unpaired) electrons. The molecule has 0 saturated heterocycles. The molecule has 3 aromatic rings. The molecule has 7 heteroatoms. The van der Waals surface area contributed by atoms with E-state index in [0.717, 1.165) is 17.0 Å². The molecule has 27 heavy (non-hydrogen) atoms. The van der Waals surface area contributed by atoms with Crippen molar-refractivity contribution < 1.29 is 14.3 Å². The number of methoxy groups -OCH3 is 1. The van der Waals surface area contributed by atoms with Gasteiger partial charge >= 0.3 is 6.01 Å². The minimum atomic E-state index is -0.658. The fraction of sp³-hybridized carbons (Fsp3) is 0.250. The highest BCUT2D eigenvalue weighted by Gasteiger charge is 2.20. The summed E-state index contributed by atoms with van der Waals surface area (Å²) in [5.41, 5.74) is 1.85. The zero-order valence-electron chi connectivity index (χ0n) is 15.3. The monoisotopic (exact) mass is 366 g/mol. The van der Waals surface area contributed by atoms with Crippen LogP contribution < -0.4 is 14.8 Å². The third-order valence-electron chi connectivity index (χ3n) is 4.03. The standard InChI is InChI=1S/C20H22N4O3/c1-3-18(19(25)21-13-15-9-11-17(26-2)12-10-15)27-20-22-14-24(23-20)16-7-5-4-6-8-16/h4-12,14,18H,3,13H2,1-2H3,(H,21,25). The minimum Gasteiger partial charge on any atom is -0.497 e. The molecule has 7 nitrogen and oxygen atoms in total. The van der Waals surface area contributed by atoms with E-state index in [1.807, 2.05) is 61.5 Å². The first-order valence-electron chi connectivity index (χ1n) is 8.74. The maximum absolute atomic E-state index is 12.4. The lowest BCUT2D eigenvalue weighted by Crippen LogP contribution is -2.37. The van der Waals surface area contributed by atoms with Crippen LogP contribution in [0.25, 0.3) is 5.69 Å². The summed E-state index contributed by atoms with van der Waals surface area (Å²) >= 11 is 0. The molecule has 1 heterocycles. The number of nitrogens with zero attached hydrogens (tertiary/aromatic N) is 3. The van der Waals surface area contributed by atoms with Gasteiger partial charge in [0.15, 0.2) is 6.10 Å². The predicted octanol–water partition coefficient (Wildman–Crippen LogP) is 2.75. The van der Waals surface area contributed by atoms with Crippen LogP contribution in [0.4, 0.5) is 0 Å². The van der Waals surface area contributed by atoms with E-state index < -0.39 is 6.10 Å². The smallest absolute Gasteiger partial charge is 0.336 e. The van der Waals surface area contributed by atoms with E-state index in [4.69, 9.17) is 9.47 Å². The second kappa shape index (κ2) is 8.84. The van der Waals surface area contributed by atoms with Crippen molar-refractivity contribution in [1.82, 2.24) is 20.1 Å². The van der Waals surface area contributed by atoms with Gasteiger partial charge in [0.25, 0.3) is 5.91 Å². The van der Waals surface area contributed by atoms with Crippen LogP contribution in [-0.4, -0.2) is 33.9 Å². The van der Waals surface area contributed by atoms with Crippen molar-refractivity contribution in [2.75, 3.05) is 7.11 Å². The van der Waals surface area contributed by atoms with Crippen molar-refractivity contribution in [3.05, 3.63) is 66.5 Å². The van der Waals surface area contributed by atoms with Gasteiger partial charge in [-0.15, -0.1) is 5.10 Å². The van der Waals surface area contributed by atoms with E-state index in [1.165, 1.54) is 0 Å². The molecule has 0 fully saturated rings. The minimum absolute atomic E-state index is 0.172. The topological polar surface area (TPSA) is 78.3 Å². The quantitative estimate of drug-likeness (QED) is 0.663. The van der Waals surface area contributed by atoms with Gasteiger partial charge in [0.2, 0.25) is 0 Å². The van der Waals surface area contributed by atoms with Gasteiger partial charge in [-0.2, -0.15) is 4.98 Å². The summed E-state index contributed by atoms with van der Waals surface area (Å²) in [6, 6.07) is 17.3. The van der Waals surface area contributed by atoms with E-state index in [1.54, 1.807) is 18.1 Å². The molecule has 1 amide bonds. The fourth-order valence-electron chi connectivity index (χ4n) is 2.50. The molecule has 1 aromatic heterocycles. The summed E-state index contributed by atoms with van der Waals surface area (Å²) in [6.07, 6.45) is 1.41. The van der Waals surface area contributed by atoms with Crippen LogP contribution in [0.5, 0.6) is 11.8 Å². The molecule has 0 aliphatic carbocycles. The molecule has 0 aliphatic heterocycles. The Morgan fingerprint density at radius 3 is 2.56 bits per heavy atom. The SMILES string of the molecule is CCC(Oc1ncn(-c2ccccc2)n1)C(=O)NCc1ccc(OC)cc1. The van der Waals surface area contributed by atoms with E-state index in [-0.39, 0.29) is 11.9 Å². The molecular weight excluding hydrogens is 344 g/mol. The number of para-hydroxylation sites is 1. The number of carbonyl (C=O) groups is 1. The number of hydrogen-bond donors (Lipinski definition) is 1. The van der Waals surface area contributed by atoms with Crippen molar-refractivity contribution in [3.8, 4) is 17.4 Å². The average Bonchev–Trinajstić information content (AvgIpc) is 3.20. The molecule has 0 bridgehead atoms. The fourth-order valence-corrected chi connectivity index (χ4v) is 2.50. The van der Waals surface area contributed by atoms with Crippen molar-refractivity contribution in [2.45, 2.75) is 26.0 Å². The van der Waals surface area contributed by atoms with Crippen LogP contribution in [0, 0.1) is 0 Å². The summed E-state index contributed by atoms with van der Waals surface area (Å²) in [6.45, 7) is 2.29. The molecule has 3 rings (SSSR count). The number of amides is 1. The summed E-state index contributed by atoms with van der Waals surface area (Å²) in [4.78, 5) is 16.6. The Morgan fingerprint density at radius 2 is 1.89 bits per heavy atom. The van der Waals surface area contributed by atoms with Gasteiger partial charge in [-0.1, -0.05) is 37.3 Å². The first kappa shape index (κ1) is 18.4. The summed E-state index contributed by atoms with van der Waals surface area (Å²) < 4.78 is 12.4. The van der Waals surface area contributed by atoms with Crippen molar-refractivity contribution in [2.24, 2.45) is 0 Å². The van der Waals surface area contributed by atoms with Crippen LogP contribution in [0.3, 0.4) is 0 Å². The van der Waals surface area contributed by atoms with Crippen molar-refractivity contribution in [3.63, 3.8) is 0 Å². The number of aromatic nitrogens is 3. The van der Waals surface area contributed by atoms with Gasteiger partial charge in [0.05, 0.1) is 12.8 Å². The molecule has 0 spiro atoms. The largest absolute Gasteiger partial charge is 0.497 e. The van der Waals surface area contributed by atoms with Gasteiger partial charge in [-0.3, -0.25) is 4.79 Å². The van der Waals surface area contributed by atoms with Gasteiger partial charge in [0, 0.05) is 6.54 Å². The third-order valence-corrected chi connectivity index (χ3v) is 4.03. The Morgan fingerprint density at radius 1 is 1.15 bits per heavy atom. The highest BCUT2D eigenvalue weighted by Crippen LogP contribution is 2.13. The highest BCUT2D eigenvalue weighted by molar-refractivity contribution is 5.80. The molecule has 140 valence electrons. The van der Waals surface area contributed by atoms with Crippen LogP contribution in [0.15, 0.2) is 60.9 Å². The normalized spacial score (nSPS) is 11.6. The Labute approximate surface area is 158 Å². The molecule has 1 N–H and O–H groups in total. The number of rotatable bonds is 8.